The molecule has 0 bridgehead atoms. The molecule has 146 valence electrons. The number of rotatable bonds is 2. The molecule has 3 aliphatic rings. The first-order valence-corrected chi connectivity index (χ1v) is 9.23. The summed E-state index contributed by atoms with van der Waals surface area (Å²) < 4.78 is 0. The van der Waals surface area contributed by atoms with E-state index in [2.05, 4.69) is 0 Å². The van der Waals surface area contributed by atoms with Crippen LogP contribution in [0.15, 0.2) is 41.2 Å². The van der Waals surface area contributed by atoms with Gasteiger partial charge in [0.1, 0.15) is 17.1 Å². The zero-order valence-electron chi connectivity index (χ0n) is 15.7. The van der Waals surface area contributed by atoms with Gasteiger partial charge in [-0.2, -0.15) is 0 Å². The molecule has 0 heterocycles. The molecule has 1 amide bonds. The average molecular weight is 382 g/mol. The molecular formula is C21H22N2O5. The summed E-state index contributed by atoms with van der Waals surface area (Å²) in [7, 11) is 3.54. The summed E-state index contributed by atoms with van der Waals surface area (Å²) in [6, 6.07) is 4.47. The van der Waals surface area contributed by atoms with E-state index in [-0.39, 0.29) is 40.3 Å². The molecule has 0 saturated heterocycles. The lowest BCUT2D eigenvalue weighted by molar-refractivity contribution is -0.126. The van der Waals surface area contributed by atoms with Crippen LogP contribution in [-0.4, -0.2) is 52.7 Å². The maximum atomic E-state index is 13.0. The number of hydrogen-bond donors (Lipinski definition) is 3. The molecule has 3 aliphatic carbocycles. The Morgan fingerprint density at radius 2 is 1.93 bits per heavy atom. The second-order valence-electron chi connectivity index (χ2n) is 7.99. The zero-order valence-corrected chi connectivity index (χ0v) is 15.7. The fraction of sp³-hybridized carbons (Fsp3) is 0.381. The molecule has 0 aromatic heterocycles. The first-order chi connectivity index (χ1) is 13.2. The van der Waals surface area contributed by atoms with Gasteiger partial charge in [-0.3, -0.25) is 19.3 Å². The highest BCUT2D eigenvalue weighted by Gasteiger charge is 2.50. The number of aliphatic hydroxyl groups is 1. The molecule has 1 aromatic rings. The number of allylic oxidation sites excluding steroid dienone is 2. The fourth-order valence-corrected chi connectivity index (χ4v) is 5.05. The van der Waals surface area contributed by atoms with Gasteiger partial charge >= 0.3 is 0 Å². The molecule has 4 N–H and O–H groups in total. The van der Waals surface area contributed by atoms with E-state index in [1.165, 1.54) is 6.07 Å². The minimum atomic E-state index is -0.966. The second kappa shape index (κ2) is 6.31. The largest absolute Gasteiger partial charge is 0.510 e. The molecule has 0 saturated carbocycles. The number of nitrogens with two attached hydrogens (primary N) is 1. The third-order valence-corrected chi connectivity index (χ3v) is 6.19. The number of benzene rings is 1. The van der Waals surface area contributed by atoms with Crippen LogP contribution in [0.25, 0.3) is 0 Å². The van der Waals surface area contributed by atoms with Gasteiger partial charge in [0.05, 0.1) is 11.6 Å². The molecule has 7 heteroatoms. The standard InChI is InChI=1S/C21H22N2O5/c1-23(2)17-12-7-10-6-9-4-3-5-14(24)15(9)18(25)11(10)8-13(12)19(26)16(20(17)27)21(22)28/h3-5,8,10,12-13,17,24,27H,6-7H2,1-2H3,(H2,22,28). The Morgan fingerprint density at radius 1 is 1.21 bits per heavy atom. The van der Waals surface area contributed by atoms with Gasteiger partial charge in [-0.15, -0.1) is 0 Å². The van der Waals surface area contributed by atoms with Crippen molar-refractivity contribution in [2.24, 2.45) is 23.5 Å². The van der Waals surface area contributed by atoms with Gasteiger partial charge < -0.3 is 15.9 Å². The summed E-state index contributed by atoms with van der Waals surface area (Å²) in [5.74, 6) is -3.25. The Morgan fingerprint density at radius 3 is 2.57 bits per heavy atom. The summed E-state index contributed by atoms with van der Waals surface area (Å²) in [6.07, 6.45) is 2.72. The minimum absolute atomic E-state index is 0.0690. The third-order valence-electron chi connectivity index (χ3n) is 6.19. The minimum Gasteiger partial charge on any atom is -0.510 e. The summed E-state index contributed by atoms with van der Waals surface area (Å²) in [5.41, 5.74) is 6.53. The molecule has 4 rings (SSSR count). The summed E-state index contributed by atoms with van der Waals surface area (Å²) in [6.45, 7) is 0. The van der Waals surface area contributed by atoms with E-state index in [0.29, 0.717) is 18.4 Å². The van der Waals surface area contributed by atoms with Crippen molar-refractivity contribution in [1.29, 1.82) is 0 Å². The topological polar surface area (TPSA) is 121 Å². The highest BCUT2D eigenvalue weighted by molar-refractivity contribution is 6.22. The SMILES string of the molecule is CN(C)C1C(O)=C(C(N)=O)C(=O)C2C=C3C(=O)c4c(O)cccc4CC3CC21. The van der Waals surface area contributed by atoms with Crippen LogP contribution >= 0.6 is 0 Å². The van der Waals surface area contributed by atoms with Gasteiger partial charge in [0, 0.05) is 11.5 Å². The number of phenols is 1. The van der Waals surface area contributed by atoms with E-state index in [9.17, 15) is 24.6 Å². The summed E-state index contributed by atoms with van der Waals surface area (Å²) in [5, 5.41) is 20.8. The lowest BCUT2D eigenvalue weighted by atomic mass is 9.62. The van der Waals surface area contributed by atoms with Gasteiger partial charge in [-0.25, -0.2) is 0 Å². The Bertz CT molecular complexity index is 975. The molecule has 0 radical (unpaired) electrons. The van der Waals surface area contributed by atoms with Crippen LogP contribution in [0.5, 0.6) is 5.75 Å². The molecule has 0 spiro atoms. The molecule has 4 atom stereocenters. The number of likely N-dealkylation sites (N-methyl/N-ethyl adjacent to an activating group) is 1. The predicted molar refractivity (Wildman–Crippen MR) is 101 cm³/mol. The number of phenolic OH excluding ortho intramolecular Hbond substituents is 1. The van der Waals surface area contributed by atoms with Crippen molar-refractivity contribution in [1.82, 2.24) is 4.90 Å². The first kappa shape index (κ1) is 18.4. The van der Waals surface area contributed by atoms with Crippen molar-refractivity contribution in [2.75, 3.05) is 14.1 Å². The number of nitrogens with zero attached hydrogens (tertiary/aromatic N) is 1. The Balaban J connectivity index is 1.84. The second-order valence-corrected chi connectivity index (χ2v) is 7.99. The van der Waals surface area contributed by atoms with Crippen LogP contribution in [0.3, 0.4) is 0 Å². The average Bonchev–Trinajstić information content (AvgIpc) is 2.60. The molecule has 1 aromatic carbocycles. The number of amides is 1. The molecule has 4 unspecified atom stereocenters. The number of aromatic hydroxyl groups is 1. The Labute approximate surface area is 162 Å². The van der Waals surface area contributed by atoms with E-state index in [1.54, 1.807) is 31.1 Å². The number of ketones is 2. The fourth-order valence-electron chi connectivity index (χ4n) is 5.05. The summed E-state index contributed by atoms with van der Waals surface area (Å²) in [4.78, 5) is 39.6. The van der Waals surface area contributed by atoms with Crippen LogP contribution in [0, 0.1) is 17.8 Å². The van der Waals surface area contributed by atoms with E-state index < -0.39 is 23.7 Å². The normalized spacial score (nSPS) is 29.2. The number of aliphatic hydroxyl groups excluding tert-OH is 1. The van der Waals surface area contributed by atoms with Crippen LogP contribution in [-0.2, 0) is 16.0 Å². The smallest absolute Gasteiger partial charge is 0.255 e. The highest BCUT2D eigenvalue weighted by atomic mass is 16.3. The van der Waals surface area contributed by atoms with Crippen molar-refractivity contribution in [3.63, 3.8) is 0 Å². The predicted octanol–water partition coefficient (Wildman–Crippen LogP) is 1.12. The Hall–Kier alpha value is -2.93. The number of Topliss-reactive ketones (excluding diaryl/α,β-unsaturated/α-hetero) is 2. The van der Waals surface area contributed by atoms with E-state index >= 15 is 0 Å². The zero-order chi connectivity index (χ0) is 20.3. The number of primary amides is 1. The first-order valence-electron chi connectivity index (χ1n) is 9.23. The van der Waals surface area contributed by atoms with Crippen LogP contribution in [0.1, 0.15) is 22.3 Å². The molecular weight excluding hydrogens is 360 g/mol. The molecule has 0 aliphatic heterocycles. The van der Waals surface area contributed by atoms with Crippen molar-refractivity contribution < 1.29 is 24.6 Å². The molecule has 28 heavy (non-hydrogen) atoms. The highest BCUT2D eigenvalue weighted by Crippen LogP contribution is 2.47. The van der Waals surface area contributed by atoms with Crippen molar-refractivity contribution in [3.8, 4) is 5.75 Å². The van der Waals surface area contributed by atoms with Crippen molar-refractivity contribution in [3.05, 3.63) is 52.3 Å². The lowest BCUT2D eigenvalue weighted by Gasteiger charge is -2.45. The van der Waals surface area contributed by atoms with Gasteiger partial charge in [-0.1, -0.05) is 18.2 Å². The van der Waals surface area contributed by atoms with Gasteiger partial charge in [0.25, 0.3) is 5.91 Å². The molecule has 7 nitrogen and oxygen atoms in total. The monoisotopic (exact) mass is 382 g/mol. The molecule has 0 fully saturated rings. The van der Waals surface area contributed by atoms with Gasteiger partial charge in [0.15, 0.2) is 11.6 Å². The quantitative estimate of drug-likeness (QED) is 0.659. The van der Waals surface area contributed by atoms with Crippen LogP contribution in [0.2, 0.25) is 0 Å². The van der Waals surface area contributed by atoms with Crippen molar-refractivity contribution >= 4 is 17.5 Å². The summed E-state index contributed by atoms with van der Waals surface area (Å²) >= 11 is 0. The van der Waals surface area contributed by atoms with E-state index in [4.69, 9.17) is 5.73 Å². The number of carbonyl (C=O) groups excluding carboxylic acids is 3. The lowest BCUT2D eigenvalue weighted by Crippen LogP contribution is -2.51. The van der Waals surface area contributed by atoms with Gasteiger partial charge in [-0.05, 0) is 50.4 Å². The van der Waals surface area contributed by atoms with Crippen LogP contribution < -0.4 is 5.73 Å². The maximum absolute atomic E-state index is 13.0. The van der Waals surface area contributed by atoms with Crippen LogP contribution in [0.4, 0.5) is 0 Å². The van der Waals surface area contributed by atoms with E-state index in [1.807, 2.05) is 6.07 Å². The number of fused-ring (bicyclic) bond motifs is 3. The number of carbonyl (C=O) groups is 3. The number of hydrogen-bond acceptors (Lipinski definition) is 6. The Kier molecular flexibility index (Phi) is 4.15. The maximum Gasteiger partial charge on any atom is 0.255 e. The third kappa shape index (κ3) is 2.50. The van der Waals surface area contributed by atoms with Crippen molar-refractivity contribution in [2.45, 2.75) is 18.9 Å². The van der Waals surface area contributed by atoms with E-state index in [0.717, 1.165) is 5.56 Å². The van der Waals surface area contributed by atoms with Gasteiger partial charge in [0.2, 0.25) is 0 Å².